The van der Waals surface area contributed by atoms with E-state index in [0.717, 1.165) is 24.4 Å². The molecule has 0 aliphatic carbocycles. The minimum absolute atomic E-state index is 0.132. The van der Waals surface area contributed by atoms with E-state index in [1.54, 1.807) is 24.3 Å². The molecule has 0 unspecified atom stereocenters. The second-order valence-corrected chi connectivity index (χ2v) is 7.00. The van der Waals surface area contributed by atoms with Gasteiger partial charge in [-0.15, -0.1) is 0 Å². The van der Waals surface area contributed by atoms with Crippen LogP contribution in [0, 0.1) is 0 Å². The minimum Gasteiger partial charge on any atom is -0.494 e. The molecule has 0 radical (unpaired) electrons. The first-order valence-electron chi connectivity index (χ1n) is 9.95. The Morgan fingerprint density at radius 3 is 2.76 bits per heavy atom. The third-order valence-electron chi connectivity index (χ3n) is 4.93. The van der Waals surface area contributed by atoms with Gasteiger partial charge in [-0.25, -0.2) is 0 Å². The van der Waals surface area contributed by atoms with E-state index in [9.17, 15) is 4.79 Å². The molecule has 2 aromatic carbocycles. The highest BCUT2D eigenvalue weighted by Crippen LogP contribution is 2.25. The highest BCUT2D eigenvalue weighted by atomic mass is 16.5. The van der Waals surface area contributed by atoms with Crippen LogP contribution in [0.15, 0.2) is 60.8 Å². The van der Waals surface area contributed by atoms with E-state index in [1.165, 1.54) is 11.1 Å². The molecule has 150 valence electrons. The summed E-state index contributed by atoms with van der Waals surface area (Å²) >= 11 is 0. The number of ether oxygens (including phenoxy) is 2. The molecule has 0 saturated heterocycles. The number of carbonyl (C=O) groups is 1. The molecule has 1 aromatic heterocycles. The van der Waals surface area contributed by atoms with Gasteiger partial charge in [0, 0.05) is 18.3 Å². The fraction of sp³-hybridized carbons (Fsp3) is 0.304. The predicted octanol–water partition coefficient (Wildman–Crippen LogP) is 3.37. The first-order chi connectivity index (χ1) is 14.2. The lowest BCUT2D eigenvalue weighted by Gasteiger charge is -2.22. The van der Waals surface area contributed by atoms with Crippen LogP contribution in [0.25, 0.3) is 0 Å². The van der Waals surface area contributed by atoms with Crippen LogP contribution in [0.2, 0.25) is 0 Å². The highest BCUT2D eigenvalue weighted by molar-refractivity contribution is 5.94. The zero-order valence-electron chi connectivity index (χ0n) is 16.5. The summed E-state index contributed by atoms with van der Waals surface area (Å²) in [5, 5.41) is 7.70. The second-order valence-electron chi connectivity index (χ2n) is 7.00. The van der Waals surface area contributed by atoms with Crippen molar-refractivity contribution in [2.75, 3.05) is 19.8 Å². The van der Waals surface area contributed by atoms with Gasteiger partial charge in [-0.3, -0.25) is 9.48 Å². The monoisotopic (exact) mass is 391 g/mol. The first-order valence-corrected chi connectivity index (χ1v) is 9.95. The first kappa shape index (κ1) is 19.2. The summed E-state index contributed by atoms with van der Waals surface area (Å²) in [5.41, 5.74) is 3.90. The van der Waals surface area contributed by atoms with E-state index >= 15 is 0 Å². The number of nitrogens with zero attached hydrogens (tertiary/aromatic N) is 2. The lowest BCUT2D eigenvalue weighted by molar-refractivity contribution is 0.0383. The SMILES string of the molecule is CCOc1ccc(C(=O)NC[C@H]2OCCc3cn(Cc4ccccc4)nc32)cc1. The molecule has 0 saturated carbocycles. The number of hydrogen-bond donors (Lipinski definition) is 1. The molecule has 6 nitrogen and oxygen atoms in total. The molecule has 0 spiro atoms. The average molecular weight is 391 g/mol. The third kappa shape index (κ3) is 4.66. The highest BCUT2D eigenvalue weighted by Gasteiger charge is 2.25. The lowest BCUT2D eigenvalue weighted by Crippen LogP contribution is -2.31. The lowest BCUT2D eigenvalue weighted by atomic mass is 10.1. The zero-order valence-corrected chi connectivity index (χ0v) is 16.5. The average Bonchev–Trinajstić information content (AvgIpc) is 3.16. The van der Waals surface area contributed by atoms with E-state index in [2.05, 4.69) is 23.6 Å². The van der Waals surface area contributed by atoms with Crippen LogP contribution in [0.1, 0.15) is 40.2 Å². The molecule has 1 amide bonds. The van der Waals surface area contributed by atoms with Gasteiger partial charge in [0.15, 0.2) is 0 Å². The summed E-state index contributed by atoms with van der Waals surface area (Å²) in [6.07, 6.45) is 2.70. The van der Waals surface area contributed by atoms with Crippen LogP contribution in [-0.4, -0.2) is 35.4 Å². The number of aromatic nitrogens is 2. The summed E-state index contributed by atoms with van der Waals surface area (Å²) < 4.78 is 13.3. The summed E-state index contributed by atoms with van der Waals surface area (Å²) in [4.78, 5) is 12.5. The van der Waals surface area contributed by atoms with Crippen molar-refractivity contribution >= 4 is 5.91 Å². The minimum atomic E-state index is -0.234. The van der Waals surface area contributed by atoms with Crippen LogP contribution in [0.4, 0.5) is 0 Å². The maximum Gasteiger partial charge on any atom is 0.251 e. The molecule has 6 heteroatoms. The van der Waals surface area contributed by atoms with E-state index in [0.29, 0.717) is 25.3 Å². The van der Waals surface area contributed by atoms with Crippen molar-refractivity contribution in [2.24, 2.45) is 0 Å². The van der Waals surface area contributed by atoms with Gasteiger partial charge in [-0.1, -0.05) is 30.3 Å². The standard InChI is InChI=1S/C23H25N3O3/c1-2-28-20-10-8-18(9-11-20)23(27)24-14-21-22-19(12-13-29-21)16-26(25-22)15-17-6-4-3-5-7-17/h3-11,16,21H,2,12-15H2,1H3,(H,24,27)/t21-/m1/s1. The normalized spacial score (nSPS) is 15.6. The Labute approximate surface area is 170 Å². The third-order valence-corrected chi connectivity index (χ3v) is 4.93. The van der Waals surface area contributed by atoms with Crippen LogP contribution in [-0.2, 0) is 17.7 Å². The molecule has 1 atom stereocenters. The van der Waals surface area contributed by atoms with Gasteiger partial charge in [0.2, 0.25) is 0 Å². The summed E-state index contributed by atoms with van der Waals surface area (Å²) in [6, 6.07) is 17.4. The van der Waals surface area contributed by atoms with Gasteiger partial charge in [0.1, 0.15) is 11.9 Å². The van der Waals surface area contributed by atoms with Gasteiger partial charge in [0.25, 0.3) is 5.91 Å². The zero-order chi connectivity index (χ0) is 20.1. The molecule has 0 bridgehead atoms. The van der Waals surface area contributed by atoms with E-state index < -0.39 is 0 Å². The van der Waals surface area contributed by atoms with E-state index in [-0.39, 0.29) is 12.0 Å². The number of amides is 1. The Balaban J connectivity index is 1.39. The maximum atomic E-state index is 12.5. The molecular weight excluding hydrogens is 366 g/mol. The van der Waals surface area contributed by atoms with Crippen LogP contribution >= 0.6 is 0 Å². The molecule has 1 N–H and O–H groups in total. The molecule has 3 aromatic rings. The second kappa shape index (κ2) is 8.92. The van der Waals surface area contributed by atoms with Gasteiger partial charge in [-0.2, -0.15) is 5.10 Å². The van der Waals surface area contributed by atoms with Gasteiger partial charge < -0.3 is 14.8 Å². The number of rotatable bonds is 7. The van der Waals surface area contributed by atoms with Crippen molar-refractivity contribution in [1.82, 2.24) is 15.1 Å². The summed E-state index contributed by atoms with van der Waals surface area (Å²) in [6.45, 7) is 4.28. The number of fused-ring (bicyclic) bond motifs is 1. The molecule has 2 heterocycles. The Kier molecular flexibility index (Phi) is 5.91. The van der Waals surface area contributed by atoms with Crippen LogP contribution < -0.4 is 10.1 Å². The fourth-order valence-corrected chi connectivity index (χ4v) is 3.50. The molecule has 29 heavy (non-hydrogen) atoms. The summed E-state index contributed by atoms with van der Waals surface area (Å²) in [5.74, 6) is 0.626. The van der Waals surface area contributed by atoms with Crippen molar-refractivity contribution < 1.29 is 14.3 Å². The molecule has 1 aliphatic rings. The van der Waals surface area contributed by atoms with Crippen LogP contribution in [0.3, 0.4) is 0 Å². The van der Waals surface area contributed by atoms with Crippen molar-refractivity contribution in [1.29, 1.82) is 0 Å². The van der Waals surface area contributed by atoms with Crippen molar-refractivity contribution in [3.63, 3.8) is 0 Å². The number of benzene rings is 2. The molecular formula is C23H25N3O3. The fourth-order valence-electron chi connectivity index (χ4n) is 3.50. The van der Waals surface area contributed by atoms with E-state index in [1.807, 2.05) is 29.8 Å². The Morgan fingerprint density at radius 2 is 2.00 bits per heavy atom. The quantitative estimate of drug-likeness (QED) is 0.671. The van der Waals surface area contributed by atoms with Crippen LogP contribution in [0.5, 0.6) is 5.75 Å². The number of hydrogen-bond acceptors (Lipinski definition) is 4. The summed E-state index contributed by atoms with van der Waals surface area (Å²) in [7, 11) is 0. The maximum absolute atomic E-state index is 12.5. The van der Waals surface area contributed by atoms with Gasteiger partial charge in [0.05, 0.1) is 25.5 Å². The van der Waals surface area contributed by atoms with Gasteiger partial charge in [-0.05, 0) is 48.7 Å². The van der Waals surface area contributed by atoms with Crippen molar-refractivity contribution in [3.05, 3.63) is 83.2 Å². The van der Waals surface area contributed by atoms with Gasteiger partial charge >= 0.3 is 0 Å². The largest absolute Gasteiger partial charge is 0.494 e. The van der Waals surface area contributed by atoms with Crippen molar-refractivity contribution in [2.45, 2.75) is 26.0 Å². The Morgan fingerprint density at radius 1 is 1.21 bits per heavy atom. The molecule has 4 rings (SSSR count). The number of nitrogens with one attached hydrogen (secondary N) is 1. The predicted molar refractivity (Wildman–Crippen MR) is 110 cm³/mol. The topological polar surface area (TPSA) is 65.4 Å². The Hall–Kier alpha value is -3.12. The smallest absolute Gasteiger partial charge is 0.251 e. The molecule has 1 aliphatic heterocycles. The number of carbonyl (C=O) groups excluding carboxylic acids is 1. The van der Waals surface area contributed by atoms with Crippen molar-refractivity contribution in [3.8, 4) is 5.75 Å². The van der Waals surface area contributed by atoms with E-state index in [4.69, 9.17) is 14.6 Å². The Bertz CT molecular complexity index is 951. The molecule has 0 fully saturated rings.